The van der Waals surface area contributed by atoms with E-state index in [2.05, 4.69) is 4.72 Å². The maximum absolute atomic E-state index is 12.5. The van der Waals surface area contributed by atoms with Crippen LogP contribution in [0.25, 0.3) is 0 Å². The monoisotopic (exact) mass is 466 g/mol. The first-order valence-electron chi connectivity index (χ1n) is 9.00. The number of hydrogen-bond donors (Lipinski definition) is 1. The van der Waals surface area contributed by atoms with Crippen LogP contribution in [-0.2, 0) is 27.8 Å². The van der Waals surface area contributed by atoms with Crippen LogP contribution >= 0.6 is 23.2 Å². The van der Waals surface area contributed by atoms with Crippen molar-refractivity contribution in [2.75, 3.05) is 11.8 Å². The van der Waals surface area contributed by atoms with E-state index in [1.807, 2.05) is 19.1 Å². The number of sulfonamides is 1. The van der Waals surface area contributed by atoms with Crippen molar-refractivity contribution in [3.05, 3.63) is 81.7 Å². The van der Waals surface area contributed by atoms with Gasteiger partial charge in [-0.15, -0.1) is 0 Å². The van der Waals surface area contributed by atoms with Crippen LogP contribution in [0.3, 0.4) is 0 Å². The van der Waals surface area contributed by atoms with Crippen LogP contribution in [0.4, 0.5) is 5.69 Å². The number of furan rings is 1. The van der Waals surface area contributed by atoms with Gasteiger partial charge in [0, 0.05) is 12.7 Å². The van der Waals surface area contributed by atoms with Crippen LogP contribution in [0.15, 0.2) is 63.9 Å². The van der Waals surface area contributed by atoms with Gasteiger partial charge in [-0.1, -0.05) is 35.3 Å². The van der Waals surface area contributed by atoms with Gasteiger partial charge in [-0.25, -0.2) is 8.42 Å². The van der Waals surface area contributed by atoms with Crippen molar-refractivity contribution in [3.8, 4) is 0 Å². The Morgan fingerprint density at radius 3 is 2.33 bits per heavy atom. The molecule has 0 saturated heterocycles. The minimum absolute atomic E-state index is 0.00550. The molecule has 0 spiro atoms. The second-order valence-electron chi connectivity index (χ2n) is 6.82. The summed E-state index contributed by atoms with van der Waals surface area (Å²) in [5.74, 6) is 1.44. The van der Waals surface area contributed by atoms with E-state index in [0.717, 1.165) is 17.1 Å². The number of carbonyl (C=O) groups excluding carboxylic acids is 1. The molecule has 0 saturated carbocycles. The highest BCUT2D eigenvalue weighted by Gasteiger charge is 2.16. The summed E-state index contributed by atoms with van der Waals surface area (Å²) in [6, 6.07) is 14.4. The molecule has 0 aliphatic rings. The molecule has 2 aromatic carbocycles. The molecular weight excluding hydrogens is 447 g/mol. The van der Waals surface area contributed by atoms with Gasteiger partial charge < -0.3 is 9.32 Å². The highest BCUT2D eigenvalue weighted by Crippen LogP contribution is 2.26. The van der Waals surface area contributed by atoms with Crippen molar-refractivity contribution >= 4 is 44.8 Å². The molecule has 3 rings (SSSR count). The molecule has 0 radical (unpaired) electrons. The van der Waals surface area contributed by atoms with E-state index in [1.54, 1.807) is 36.2 Å². The van der Waals surface area contributed by atoms with Gasteiger partial charge in [-0.3, -0.25) is 9.52 Å². The molecule has 0 fully saturated rings. The summed E-state index contributed by atoms with van der Waals surface area (Å²) in [5, 5.41) is 0.430. The number of halogens is 2. The Morgan fingerprint density at radius 1 is 1.03 bits per heavy atom. The van der Waals surface area contributed by atoms with Gasteiger partial charge in [-0.05, 0) is 55.0 Å². The number of benzene rings is 2. The third kappa shape index (κ3) is 5.56. The average Bonchev–Trinajstić information content (AvgIpc) is 3.09. The third-order valence-corrected chi connectivity index (χ3v) is 6.50. The zero-order valence-corrected chi connectivity index (χ0v) is 18.7. The normalized spacial score (nSPS) is 11.3. The number of carbonyl (C=O) groups is 1. The first-order valence-corrected chi connectivity index (χ1v) is 11.2. The number of hydrogen-bond acceptors (Lipinski definition) is 4. The van der Waals surface area contributed by atoms with Crippen LogP contribution in [-0.4, -0.2) is 26.3 Å². The van der Waals surface area contributed by atoms with E-state index >= 15 is 0 Å². The van der Waals surface area contributed by atoms with Gasteiger partial charge in [0.2, 0.25) is 5.91 Å². The van der Waals surface area contributed by atoms with E-state index in [0.29, 0.717) is 12.2 Å². The molecule has 0 bridgehead atoms. The smallest absolute Gasteiger partial charge is 0.261 e. The third-order valence-electron chi connectivity index (χ3n) is 4.38. The number of likely N-dealkylation sites (N-methyl/N-ethyl adjacent to an activating group) is 1. The molecule has 1 amide bonds. The van der Waals surface area contributed by atoms with E-state index in [9.17, 15) is 13.2 Å². The van der Waals surface area contributed by atoms with Crippen LogP contribution < -0.4 is 4.72 Å². The van der Waals surface area contributed by atoms with Gasteiger partial charge >= 0.3 is 0 Å². The number of nitrogens with zero attached hydrogens (tertiary/aromatic N) is 1. The van der Waals surface area contributed by atoms with E-state index < -0.39 is 10.0 Å². The van der Waals surface area contributed by atoms with Crippen LogP contribution in [0.2, 0.25) is 10.0 Å². The van der Waals surface area contributed by atoms with E-state index in [1.165, 1.54) is 18.2 Å². The van der Waals surface area contributed by atoms with Crippen molar-refractivity contribution in [2.24, 2.45) is 0 Å². The van der Waals surface area contributed by atoms with Gasteiger partial charge in [0.05, 0.1) is 27.9 Å². The summed E-state index contributed by atoms with van der Waals surface area (Å²) >= 11 is 11.7. The molecule has 0 aliphatic carbocycles. The van der Waals surface area contributed by atoms with Crippen LogP contribution in [0.5, 0.6) is 0 Å². The molecule has 0 unspecified atom stereocenters. The fraction of sp³-hybridized carbons (Fsp3) is 0.190. The maximum atomic E-state index is 12.5. The van der Waals surface area contributed by atoms with Gasteiger partial charge in [0.25, 0.3) is 10.0 Å². The lowest BCUT2D eigenvalue weighted by Gasteiger charge is -2.16. The molecule has 30 heavy (non-hydrogen) atoms. The molecule has 6 nitrogen and oxygen atoms in total. The largest absolute Gasteiger partial charge is 0.464 e. The Balaban J connectivity index is 1.62. The molecule has 1 heterocycles. The fourth-order valence-electron chi connectivity index (χ4n) is 2.75. The summed E-state index contributed by atoms with van der Waals surface area (Å²) in [6.45, 7) is 2.23. The molecule has 0 aliphatic heterocycles. The molecule has 3 aromatic rings. The number of amides is 1. The molecule has 0 atom stereocenters. The van der Waals surface area contributed by atoms with Crippen molar-refractivity contribution in [1.82, 2.24) is 4.90 Å². The lowest BCUT2D eigenvalue weighted by molar-refractivity contribution is -0.129. The summed E-state index contributed by atoms with van der Waals surface area (Å²) in [5.41, 5.74) is 1.14. The molecule has 158 valence electrons. The predicted octanol–water partition coefficient (Wildman–Crippen LogP) is 4.90. The molecular formula is C21H20Cl2N2O4S. The lowest BCUT2D eigenvalue weighted by Crippen LogP contribution is -2.27. The zero-order chi connectivity index (χ0) is 21.9. The topological polar surface area (TPSA) is 79.6 Å². The van der Waals surface area contributed by atoms with Gasteiger partial charge in [0.1, 0.15) is 11.5 Å². The molecule has 9 heteroatoms. The van der Waals surface area contributed by atoms with E-state index in [-0.39, 0.29) is 27.3 Å². The summed E-state index contributed by atoms with van der Waals surface area (Å²) in [7, 11) is -2.10. The second-order valence-corrected chi connectivity index (χ2v) is 9.31. The standard InChI is InChI=1S/C21H20Cl2N2O4S/c1-14-3-8-17(29-14)13-25(2)21(26)11-15-4-6-16(7-5-15)24-30(27,28)18-9-10-19(22)20(23)12-18/h3-10,12,24H,11,13H2,1-2H3. The Labute approximate surface area is 185 Å². The van der Waals surface area contributed by atoms with Gasteiger partial charge in [0.15, 0.2) is 0 Å². The number of aryl methyl sites for hydroxylation is 1. The van der Waals surface area contributed by atoms with Crippen molar-refractivity contribution < 1.29 is 17.6 Å². The summed E-state index contributed by atoms with van der Waals surface area (Å²) in [4.78, 5) is 14.0. The second kappa shape index (κ2) is 9.12. The minimum Gasteiger partial charge on any atom is -0.464 e. The fourth-order valence-corrected chi connectivity index (χ4v) is 4.20. The summed E-state index contributed by atoms with van der Waals surface area (Å²) < 4.78 is 33.0. The van der Waals surface area contributed by atoms with Crippen molar-refractivity contribution in [3.63, 3.8) is 0 Å². The molecule has 1 aromatic heterocycles. The van der Waals surface area contributed by atoms with Crippen LogP contribution in [0.1, 0.15) is 17.1 Å². The highest BCUT2D eigenvalue weighted by molar-refractivity contribution is 7.92. The zero-order valence-electron chi connectivity index (χ0n) is 16.4. The van der Waals surface area contributed by atoms with Crippen molar-refractivity contribution in [1.29, 1.82) is 0 Å². The first-order chi connectivity index (χ1) is 14.1. The SMILES string of the molecule is Cc1ccc(CN(C)C(=O)Cc2ccc(NS(=O)(=O)c3ccc(Cl)c(Cl)c3)cc2)o1. The molecule has 1 N–H and O–H groups in total. The number of rotatable bonds is 7. The Hall–Kier alpha value is -2.48. The van der Waals surface area contributed by atoms with Crippen molar-refractivity contribution in [2.45, 2.75) is 24.8 Å². The Kier molecular flexibility index (Phi) is 6.75. The Morgan fingerprint density at radius 2 is 1.73 bits per heavy atom. The lowest BCUT2D eigenvalue weighted by atomic mass is 10.1. The predicted molar refractivity (Wildman–Crippen MR) is 117 cm³/mol. The quantitative estimate of drug-likeness (QED) is 0.536. The van der Waals surface area contributed by atoms with Crippen LogP contribution in [0, 0.1) is 6.92 Å². The Bertz CT molecular complexity index is 1160. The highest BCUT2D eigenvalue weighted by atomic mass is 35.5. The number of nitrogens with one attached hydrogen (secondary N) is 1. The minimum atomic E-state index is -3.81. The first kappa shape index (κ1) is 22.2. The number of anilines is 1. The van der Waals surface area contributed by atoms with E-state index in [4.69, 9.17) is 27.6 Å². The van der Waals surface area contributed by atoms with Gasteiger partial charge in [-0.2, -0.15) is 0 Å². The average molecular weight is 467 g/mol. The maximum Gasteiger partial charge on any atom is 0.261 e. The summed E-state index contributed by atoms with van der Waals surface area (Å²) in [6.07, 6.45) is 0.190.